The van der Waals surface area contributed by atoms with Gasteiger partial charge in [-0.3, -0.25) is 14.2 Å². The summed E-state index contributed by atoms with van der Waals surface area (Å²) in [6.45, 7) is 3.97. The fourth-order valence-electron chi connectivity index (χ4n) is 4.62. The Morgan fingerprint density at radius 3 is 2.36 bits per heavy atom. The Kier molecular flexibility index (Phi) is 7.76. The van der Waals surface area contributed by atoms with Gasteiger partial charge in [-0.15, -0.1) is 0 Å². The van der Waals surface area contributed by atoms with E-state index in [2.05, 4.69) is 0 Å². The molecule has 39 heavy (non-hydrogen) atoms. The van der Waals surface area contributed by atoms with Gasteiger partial charge in [-0.1, -0.05) is 83.3 Å². The van der Waals surface area contributed by atoms with Gasteiger partial charge in [0, 0.05) is 16.6 Å². The number of rotatable bonds is 6. The van der Waals surface area contributed by atoms with Gasteiger partial charge in [0.25, 0.3) is 11.5 Å². The smallest absolute Gasteiger partial charge is 0.266 e. The van der Waals surface area contributed by atoms with E-state index in [9.17, 15) is 9.59 Å². The average molecular weight is 577 g/mol. The van der Waals surface area contributed by atoms with E-state index in [1.165, 1.54) is 0 Å². The summed E-state index contributed by atoms with van der Waals surface area (Å²) in [5, 5.41) is 1.67. The highest BCUT2D eigenvalue weighted by molar-refractivity contribution is 6.36. The quantitative estimate of drug-likeness (QED) is 0.205. The fraction of sp³-hybridized carbons (Fsp3) is 0.129. The summed E-state index contributed by atoms with van der Waals surface area (Å²) in [6, 6.07) is 26.3. The number of halogens is 3. The molecule has 1 heterocycles. The van der Waals surface area contributed by atoms with Crippen LogP contribution in [0.25, 0.3) is 16.6 Å². The summed E-state index contributed by atoms with van der Waals surface area (Å²) in [7, 11) is 0. The molecule has 0 spiro atoms. The number of hydrogen-bond donors (Lipinski definition) is 0. The molecule has 5 nitrogen and oxygen atoms in total. The normalized spacial score (nSPS) is 11.9. The molecule has 0 aliphatic carbocycles. The first-order valence-electron chi connectivity index (χ1n) is 12.3. The molecular weight excluding hydrogens is 553 g/mol. The van der Waals surface area contributed by atoms with Gasteiger partial charge < -0.3 is 4.90 Å². The average Bonchev–Trinajstić information content (AvgIpc) is 2.93. The molecule has 0 saturated heterocycles. The Hall–Kier alpha value is -3.64. The van der Waals surface area contributed by atoms with E-state index in [4.69, 9.17) is 39.8 Å². The van der Waals surface area contributed by atoms with Crippen LogP contribution in [-0.2, 0) is 6.54 Å². The van der Waals surface area contributed by atoms with Gasteiger partial charge in [0.1, 0.15) is 5.82 Å². The van der Waals surface area contributed by atoms with Crippen LogP contribution in [0.4, 0.5) is 0 Å². The van der Waals surface area contributed by atoms with Crippen LogP contribution < -0.4 is 5.56 Å². The van der Waals surface area contributed by atoms with Crippen LogP contribution in [-0.4, -0.2) is 20.4 Å². The Bertz CT molecular complexity index is 1750. The van der Waals surface area contributed by atoms with Gasteiger partial charge >= 0.3 is 0 Å². The first-order valence-corrected chi connectivity index (χ1v) is 13.5. The summed E-state index contributed by atoms with van der Waals surface area (Å²) in [6.07, 6.45) is 0. The maximum Gasteiger partial charge on any atom is 0.266 e. The summed E-state index contributed by atoms with van der Waals surface area (Å²) in [5.41, 5.74) is 2.84. The van der Waals surface area contributed by atoms with Gasteiger partial charge in [0.2, 0.25) is 0 Å². The van der Waals surface area contributed by atoms with Gasteiger partial charge in [-0.2, -0.15) is 0 Å². The molecular formula is C31H24Cl3N3O2. The molecule has 0 saturated carbocycles. The van der Waals surface area contributed by atoms with Crippen molar-refractivity contribution < 1.29 is 4.79 Å². The van der Waals surface area contributed by atoms with E-state index in [1.54, 1.807) is 58.0 Å². The summed E-state index contributed by atoms with van der Waals surface area (Å²) in [5.74, 6) is 0.0863. The molecule has 5 rings (SSSR count). The first-order chi connectivity index (χ1) is 18.8. The van der Waals surface area contributed by atoms with Gasteiger partial charge in [-0.25, -0.2) is 4.98 Å². The molecule has 1 amide bonds. The van der Waals surface area contributed by atoms with E-state index in [-0.39, 0.29) is 23.0 Å². The summed E-state index contributed by atoms with van der Waals surface area (Å²) in [4.78, 5) is 34.6. The Morgan fingerprint density at radius 1 is 0.897 bits per heavy atom. The number of aromatic nitrogens is 2. The Labute approximate surface area is 241 Å². The molecule has 1 aromatic heterocycles. The topological polar surface area (TPSA) is 55.2 Å². The maximum atomic E-state index is 14.1. The minimum Gasteiger partial charge on any atom is -0.324 e. The lowest BCUT2D eigenvalue weighted by Gasteiger charge is -2.31. The number of amides is 1. The first kappa shape index (κ1) is 26.9. The number of carbonyl (C=O) groups excluding carboxylic acids is 1. The third-order valence-electron chi connectivity index (χ3n) is 6.74. The van der Waals surface area contributed by atoms with Crippen molar-refractivity contribution >= 4 is 51.6 Å². The predicted octanol–water partition coefficient (Wildman–Crippen LogP) is 8.06. The van der Waals surface area contributed by atoms with Gasteiger partial charge in [0.05, 0.1) is 33.2 Å². The van der Waals surface area contributed by atoms with Crippen molar-refractivity contribution in [1.82, 2.24) is 14.5 Å². The van der Waals surface area contributed by atoms with Crippen molar-refractivity contribution in [3.8, 4) is 5.69 Å². The molecule has 5 aromatic rings. The second-order valence-electron chi connectivity index (χ2n) is 9.23. The molecule has 0 aliphatic heterocycles. The SMILES string of the molecule is Cc1c(Cl)cccc1-n1c(C(C)N(Cc2ccccc2)C(=O)c2ccc(Cl)cc2Cl)nc2ccccc2c1=O. The lowest BCUT2D eigenvalue weighted by atomic mass is 10.1. The largest absolute Gasteiger partial charge is 0.324 e. The molecule has 0 fully saturated rings. The highest BCUT2D eigenvalue weighted by Crippen LogP contribution is 2.31. The van der Waals surface area contributed by atoms with Gasteiger partial charge in [-0.05, 0) is 67.4 Å². The zero-order chi connectivity index (χ0) is 27.7. The number of hydrogen-bond acceptors (Lipinski definition) is 3. The van der Waals surface area contributed by atoms with E-state index >= 15 is 0 Å². The van der Waals surface area contributed by atoms with Crippen molar-refractivity contribution in [2.24, 2.45) is 0 Å². The van der Waals surface area contributed by atoms with Crippen LogP contribution >= 0.6 is 34.8 Å². The molecule has 0 bridgehead atoms. The molecule has 196 valence electrons. The van der Waals surface area contributed by atoms with Crippen LogP contribution in [0.5, 0.6) is 0 Å². The number of para-hydroxylation sites is 1. The molecule has 1 unspecified atom stereocenters. The van der Waals surface area contributed by atoms with Crippen molar-refractivity contribution in [3.05, 3.63) is 139 Å². The second kappa shape index (κ2) is 11.2. The third-order valence-corrected chi connectivity index (χ3v) is 7.70. The number of fused-ring (bicyclic) bond motifs is 1. The number of carbonyl (C=O) groups is 1. The van der Waals surface area contributed by atoms with Gasteiger partial charge in [0.15, 0.2) is 0 Å². The van der Waals surface area contributed by atoms with Crippen molar-refractivity contribution in [2.75, 3.05) is 0 Å². The highest BCUT2D eigenvalue weighted by Gasteiger charge is 2.29. The molecule has 0 aliphatic rings. The maximum absolute atomic E-state index is 14.1. The monoisotopic (exact) mass is 575 g/mol. The fourth-order valence-corrected chi connectivity index (χ4v) is 5.28. The van der Waals surface area contributed by atoms with Crippen molar-refractivity contribution in [1.29, 1.82) is 0 Å². The number of nitrogens with zero attached hydrogens (tertiary/aromatic N) is 3. The standard InChI is InChI=1S/C31H24Cl3N3O2/c1-19-25(33)12-8-14-28(19)37-29(35-27-13-7-6-11-24(27)31(37)39)20(2)36(18-21-9-4-3-5-10-21)30(38)23-16-15-22(32)17-26(23)34/h3-17,20H,18H2,1-2H3. The molecule has 0 N–H and O–H groups in total. The highest BCUT2D eigenvalue weighted by atomic mass is 35.5. The zero-order valence-corrected chi connectivity index (χ0v) is 23.5. The van der Waals surface area contributed by atoms with E-state index < -0.39 is 6.04 Å². The van der Waals surface area contributed by atoms with Crippen LogP contribution in [0.15, 0.2) is 95.8 Å². The lowest BCUT2D eigenvalue weighted by Crippen LogP contribution is -2.37. The molecule has 0 radical (unpaired) electrons. The van der Waals surface area contributed by atoms with Crippen molar-refractivity contribution in [3.63, 3.8) is 0 Å². The van der Waals surface area contributed by atoms with Crippen LogP contribution in [0.2, 0.25) is 15.1 Å². The predicted molar refractivity (Wildman–Crippen MR) is 158 cm³/mol. The minimum atomic E-state index is -0.639. The summed E-state index contributed by atoms with van der Waals surface area (Å²) >= 11 is 19.1. The second-order valence-corrected chi connectivity index (χ2v) is 10.5. The molecule has 4 aromatic carbocycles. The van der Waals surface area contributed by atoms with E-state index in [1.807, 2.05) is 56.3 Å². The van der Waals surface area contributed by atoms with Crippen LogP contribution in [0.3, 0.4) is 0 Å². The van der Waals surface area contributed by atoms with Crippen LogP contribution in [0, 0.1) is 6.92 Å². The molecule has 8 heteroatoms. The minimum absolute atomic E-state index is 0.243. The summed E-state index contributed by atoms with van der Waals surface area (Å²) < 4.78 is 1.56. The van der Waals surface area contributed by atoms with E-state index in [0.717, 1.165) is 11.1 Å². The Balaban J connectivity index is 1.74. The van der Waals surface area contributed by atoms with Crippen LogP contribution in [0.1, 0.15) is 40.3 Å². The third kappa shape index (κ3) is 5.30. The lowest BCUT2D eigenvalue weighted by molar-refractivity contribution is 0.0664. The number of benzene rings is 4. The Morgan fingerprint density at radius 2 is 1.62 bits per heavy atom. The van der Waals surface area contributed by atoms with Crippen molar-refractivity contribution in [2.45, 2.75) is 26.4 Å². The zero-order valence-electron chi connectivity index (χ0n) is 21.2. The van der Waals surface area contributed by atoms with E-state index in [0.29, 0.717) is 38.0 Å². The molecule has 1 atom stereocenters.